The lowest BCUT2D eigenvalue weighted by atomic mass is 9.94. The SMILES string of the molecule is CCCCCCCCCCCCCCCCCCC(CCCCCCCCCCC=CCCC(C)CCC)C(=O)O. The summed E-state index contributed by atoms with van der Waals surface area (Å²) in [6.07, 6.45) is 45.3. The van der Waals surface area contributed by atoms with Crippen LogP contribution in [-0.4, -0.2) is 11.1 Å². The van der Waals surface area contributed by atoms with Crippen molar-refractivity contribution in [2.24, 2.45) is 11.8 Å². The largest absolute Gasteiger partial charge is 0.481 e. The highest BCUT2D eigenvalue weighted by atomic mass is 16.4. The third-order valence-electron chi connectivity index (χ3n) is 9.20. The van der Waals surface area contributed by atoms with Crippen molar-refractivity contribution < 1.29 is 9.90 Å². The van der Waals surface area contributed by atoms with Crippen molar-refractivity contribution in [3.63, 3.8) is 0 Å². The van der Waals surface area contributed by atoms with Gasteiger partial charge in [-0.15, -0.1) is 0 Å². The molecule has 0 saturated heterocycles. The minimum Gasteiger partial charge on any atom is -0.481 e. The average Bonchev–Trinajstić information content (AvgIpc) is 2.95. The second kappa shape index (κ2) is 33.7. The molecule has 0 heterocycles. The maximum atomic E-state index is 11.7. The Bertz CT molecular complexity index is 540. The smallest absolute Gasteiger partial charge is 0.306 e. The van der Waals surface area contributed by atoms with Gasteiger partial charge in [0.05, 0.1) is 5.92 Å². The van der Waals surface area contributed by atoms with Crippen LogP contribution in [-0.2, 0) is 4.79 Å². The van der Waals surface area contributed by atoms with Crippen LogP contribution in [0.1, 0.15) is 220 Å². The third kappa shape index (κ3) is 32.0. The van der Waals surface area contributed by atoms with Gasteiger partial charge in [0.15, 0.2) is 0 Å². The summed E-state index contributed by atoms with van der Waals surface area (Å²) in [6.45, 7) is 6.95. The molecule has 244 valence electrons. The van der Waals surface area contributed by atoms with E-state index in [2.05, 4.69) is 32.9 Å². The maximum Gasteiger partial charge on any atom is 0.306 e. The van der Waals surface area contributed by atoms with Gasteiger partial charge in [-0.3, -0.25) is 4.79 Å². The molecular formula is C39H76O2. The van der Waals surface area contributed by atoms with Crippen molar-refractivity contribution in [3.8, 4) is 0 Å². The van der Waals surface area contributed by atoms with Crippen LogP contribution in [0.15, 0.2) is 12.2 Å². The minimum absolute atomic E-state index is 0.107. The molecule has 2 nitrogen and oxygen atoms in total. The Hall–Kier alpha value is -0.790. The summed E-state index contributed by atoms with van der Waals surface area (Å²) in [6, 6.07) is 0. The summed E-state index contributed by atoms with van der Waals surface area (Å²) in [7, 11) is 0. The number of carboxylic acids is 1. The van der Waals surface area contributed by atoms with E-state index in [1.54, 1.807) is 0 Å². The normalized spacial score (nSPS) is 13.2. The molecule has 2 atom stereocenters. The van der Waals surface area contributed by atoms with Gasteiger partial charge in [-0.25, -0.2) is 0 Å². The van der Waals surface area contributed by atoms with Crippen molar-refractivity contribution in [2.45, 2.75) is 220 Å². The molecule has 0 saturated carbocycles. The van der Waals surface area contributed by atoms with Crippen molar-refractivity contribution in [1.29, 1.82) is 0 Å². The number of aliphatic carboxylic acids is 1. The van der Waals surface area contributed by atoms with Crippen molar-refractivity contribution in [1.82, 2.24) is 0 Å². The first-order valence-electron chi connectivity index (χ1n) is 19.0. The second-order valence-corrected chi connectivity index (χ2v) is 13.5. The van der Waals surface area contributed by atoms with Crippen LogP contribution in [0, 0.1) is 11.8 Å². The lowest BCUT2D eigenvalue weighted by Crippen LogP contribution is -2.13. The Morgan fingerprint density at radius 3 is 1.22 bits per heavy atom. The summed E-state index contributed by atoms with van der Waals surface area (Å²) in [4.78, 5) is 11.7. The van der Waals surface area contributed by atoms with Gasteiger partial charge in [-0.2, -0.15) is 0 Å². The highest BCUT2D eigenvalue weighted by molar-refractivity contribution is 5.69. The second-order valence-electron chi connectivity index (χ2n) is 13.5. The van der Waals surface area contributed by atoms with Crippen molar-refractivity contribution in [2.75, 3.05) is 0 Å². The number of hydrogen-bond donors (Lipinski definition) is 1. The van der Waals surface area contributed by atoms with Gasteiger partial charge in [0.25, 0.3) is 0 Å². The fourth-order valence-electron chi connectivity index (χ4n) is 6.30. The van der Waals surface area contributed by atoms with Crippen molar-refractivity contribution in [3.05, 3.63) is 12.2 Å². The zero-order valence-corrected chi connectivity index (χ0v) is 28.6. The highest BCUT2D eigenvalue weighted by Gasteiger charge is 2.16. The Labute approximate surface area is 259 Å². The molecular weight excluding hydrogens is 500 g/mol. The number of carboxylic acid groups (broad SMARTS) is 1. The van der Waals surface area contributed by atoms with Crippen LogP contribution < -0.4 is 0 Å². The van der Waals surface area contributed by atoms with E-state index in [1.807, 2.05) is 0 Å². The molecule has 0 aromatic carbocycles. The van der Waals surface area contributed by atoms with Gasteiger partial charge in [-0.1, -0.05) is 193 Å². The van der Waals surface area contributed by atoms with Gasteiger partial charge >= 0.3 is 5.97 Å². The molecule has 0 aromatic rings. The molecule has 0 bridgehead atoms. The average molecular weight is 577 g/mol. The Kier molecular flexibility index (Phi) is 33.1. The van der Waals surface area contributed by atoms with Crippen LogP contribution in [0.2, 0.25) is 0 Å². The van der Waals surface area contributed by atoms with E-state index in [9.17, 15) is 9.90 Å². The summed E-state index contributed by atoms with van der Waals surface area (Å²) in [5.74, 6) is 0.211. The number of allylic oxidation sites excluding steroid dienone is 2. The first-order chi connectivity index (χ1) is 20.1. The monoisotopic (exact) mass is 577 g/mol. The van der Waals surface area contributed by atoms with E-state index in [-0.39, 0.29) is 5.92 Å². The number of hydrogen-bond acceptors (Lipinski definition) is 1. The van der Waals surface area contributed by atoms with Crippen LogP contribution in [0.25, 0.3) is 0 Å². The molecule has 41 heavy (non-hydrogen) atoms. The van der Waals surface area contributed by atoms with Gasteiger partial charge in [0, 0.05) is 0 Å². The first kappa shape index (κ1) is 40.2. The molecule has 0 aromatic heterocycles. The fraction of sp³-hybridized carbons (Fsp3) is 0.923. The van der Waals surface area contributed by atoms with E-state index in [0.717, 1.165) is 31.6 Å². The van der Waals surface area contributed by atoms with E-state index in [0.29, 0.717) is 0 Å². The van der Waals surface area contributed by atoms with Crippen LogP contribution in [0.3, 0.4) is 0 Å². The lowest BCUT2D eigenvalue weighted by Gasteiger charge is -2.12. The van der Waals surface area contributed by atoms with E-state index < -0.39 is 5.97 Å². The van der Waals surface area contributed by atoms with E-state index in [4.69, 9.17) is 0 Å². The third-order valence-corrected chi connectivity index (χ3v) is 9.20. The standard InChI is InChI=1S/C39H76O2/c1-4-6-7-8-9-10-11-12-13-14-15-19-22-25-28-31-35-38(39(40)41)36-32-29-26-23-20-17-16-18-21-24-27-30-34-37(3)33-5-2/h24,27,37-38H,4-23,25-26,28-36H2,1-3H3,(H,40,41). The Balaban J connectivity index is 3.44. The summed E-state index contributed by atoms with van der Waals surface area (Å²) >= 11 is 0. The van der Waals surface area contributed by atoms with Crippen LogP contribution >= 0.6 is 0 Å². The number of unbranched alkanes of at least 4 members (excludes halogenated alkanes) is 23. The summed E-state index contributed by atoms with van der Waals surface area (Å²) in [5.41, 5.74) is 0. The van der Waals surface area contributed by atoms with Crippen LogP contribution in [0.5, 0.6) is 0 Å². The van der Waals surface area contributed by atoms with E-state index in [1.165, 1.54) is 173 Å². The molecule has 0 amide bonds. The molecule has 2 heteroatoms. The molecule has 0 aliphatic carbocycles. The van der Waals surface area contributed by atoms with Gasteiger partial charge in [-0.05, 0) is 44.4 Å². The van der Waals surface area contributed by atoms with Crippen molar-refractivity contribution >= 4 is 5.97 Å². The molecule has 0 fully saturated rings. The van der Waals surface area contributed by atoms with Gasteiger partial charge in [0.2, 0.25) is 0 Å². The van der Waals surface area contributed by atoms with Crippen LogP contribution in [0.4, 0.5) is 0 Å². The zero-order chi connectivity index (χ0) is 30.1. The Morgan fingerprint density at radius 1 is 0.463 bits per heavy atom. The molecule has 0 radical (unpaired) electrons. The number of carbonyl (C=O) groups is 1. The highest BCUT2D eigenvalue weighted by Crippen LogP contribution is 2.20. The van der Waals surface area contributed by atoms with Gasteiger partial charge < -0.3 is 5.11 Å². The zero-order valence-electron chi connectivity index (χ0n) is 28.6. The fourth-order valence-corrected chi connectivity index (χ4v) is 6.30. The molecule has 1 N–H and O–H groups in total. The quantitative estimate of drug-likeness (QED) is 0.0611. The Morgan fingerprint density at radius 2 is 0.829 bits per heavy atom. The summed E-state index contributed by atoms with van der Waals surface area (Å²) in [5, 5.41) is 9.63. The lowest BCUT2D eigenvalue weighted by molar-refractivity contribution is -0.142. The number of rotatable bonds is 34. The molecule has 0 rings (SSSR count). The molecule has 0 aliphatic heterocycles. The first-order valence-corrected chi connectivity index (χ1v) is 19.0. The molecule has 2 unspecified atom stereocenters. The molecule has 0 aliphatic rings. The summed E-state index contributed by atoms with van der Waals surface area (Å²) < 4.78 is 0. The predicted octanol–water partition coefficient (Wildman–Crippen LogP) is 14.0. The topological polar surface area (TPSA) is 37.3 Å². The van der Waals surface area contributed by atoms with Gasteiger partial charge in [0.1, 0.15) is 0 Å². The van der Waals surface area contributed by atoms with E-state index >= 15 is 0 Å². The minimum atomic E-state index is -0.560. The molecule has 0 spiro atoms. The maximum absolute atomic E-state index is 11.7. The predicted molar refractivity (Wildman–Crippen MR) is 184 cm³/mol.